The maximum Gasteiger partial charge on any atom is 0.246 e. The molecule has 1 N–H and O–H groups in total. The first-order valence-electron chi connectivity index (χ1n) is 6.24. The number of carbonyl (C=O) groups excluding carboxylic acids is 1. The van der Waals surface area contributed by atoms with Crippen molar-refractivity contribution in [3.05, 3.63) is 58.6 Å². The SMILES string of the molecule is COc1ccc(Br)cc1NC(=O)C(C#N)c1ccccc1. The molecule has 0 saturated carbocycles. The van der Waals surface area contributed by atoms with Gasteiger partial charge in [-0.1, -0.05) is 46.3 Å². The summed E-state index contributed by atoms with van der Waals surface area (Å²) in [5.74, 6) is -0.716. The zero-order valence-electron chi connectivity index (χ0n) is 11.3. The number of carbonyl (C=O) groups is 1. The smallest absolute Gasteiger partial charge is 0.246 e. The summed E-state index contributed by atoms with van der Waals surface area (Å²) in [4.78, 5) is 12.3. The lowest BCUT2D eigenvalue weighted by Crippen LogP contribution is -2.20. The number of nitrogens with zero attached hydrogens (tertiary/aromatic N) is 1. The molecule has 0 aromatic heterocycles. The summed E-state index contributed by atoms with van der Waals surface area (Å²) >= 11 is 3.34. The van der Waals surface area contributed by atoms with Gasteiger partial charge in [-0.3, -0.25) is 4.79 Å². The van der Waals surface area contributed by atoms with Gasteiger partial charge in [0, 0.05) is 4.47 Å². The van der Waals surface area contributed by atoms with E-state index < -0.39 is 5.92 Å². The number of benzene rings is 2. The van der Waals surface area contributed by atoms with Gasteiger partial charge in [0.15, 0.2) is 5.92 Å². The van der Waals surface area contributed by atoms with E-state index in [1.54, 1.807) is 36.4 Å². The highest BCUT2D eigenvalue weighted by atomic mass is 79.9. The van der Waals surface area contributed by atoms with Crippen LogP contribution in [0.5, 0.6) is 5.75 Å². The number of nitrogens with one attached hydrogen (secondary N) is 1. The summed E-state index contributed by atoms with van der Waals surface area (Å²) in [5, 5.41) is 12.0. The fraction of sp³-hybridized carbons (Fsp3) is 0.125. The van der Waals surface area contributed by atoms with Crippen molar-refractivity contribution in [2.45, 2.75) is 5.92 Å². The molecule has 1 unspecified atom stereocenters. The molecule has 2 aromatic rings. The molecular weight excluding hydrogens is 332 g/mol. The molecular formula is C16H13BrN2O2. The molecule has 0 aliphatic rings. The number of amides is 1. The number of halogens is 1. The number of rotatable bonds is 4. The second kappa shape index (κ2) is 6.91. The van der Waals surface area contributed by atoms with E-state index in [-0.39, 0.29) is 5.91 Å². The van der Waals surface area contributed by atoms with E-state index in [1.165, 1.54) is 7.11 Å². The van der Waals surface area contributed by atoms with E-state index >= 15 is 0 Å². The summed E-state index contributed by atoms with van der Waals surface area (Å²) in [6, 6.07) is 16.3. The Morgan fingerprint density at radius 3 is 2.62 bits per heavy atom. The van der Waals surface area contributed by atoms with Crippen LogP contribution < -0.4 is 10.1 Å². The first-order chi connectivity index (χ1) is 10.2. The molecule has 1 atom stereocenters. The van der Waals surface area contributed by atoms with Gasteiger partial charge in [-0.15, -0.1) is 0 Å². The van der Waals surface area contributed by atoms with Gasteiger partial charge in [0.2, 0.25) is 5.91 Å². The molecule has 0 heterocycles. The van der Waals surface area contributed by atoms with Crippen LogP contribution in [0.1, 0.15) is 11.5 Å². The van der Waals surface area contributed by atoms with Gasteiger partial charge in [-0.25, -0.2) is 0 Å². The van der Waals surface area contributed by atoms with Crippen LogP contribution in [-0.4, -0.2) is 13.0 Å². The number of hydrogen-bond donors (Lipinski definition) is 1. The molecule has 0 saturated heterocycles. The molecule has 0 spiro atoms. The van der Waals surface area contributed by atoms with Crippen molar-refractivity contribution >= 4 is 27.5 Å². The Kier molecular flexibility index (Phi) is 4.96. The third-order valence-corrected chi connectivity index (χ3v) is 3.44. The number of nitriles is 1. The normalized spacial score (nSPS) is 11.3. The van der Waals surface area contributed by atoms with Gasteiger partial charge in [0.25, 0.3) is 0 Å². The second-order valence-electron chi connectivity index (χ2n) is 4.31. The summed E-state index contributed by atoms with van der Waals surface area (Å²) in [6.45, 7) is 0. The highest BCUT2D eigenvalue weighted by Gasteiger charge is 2.21. The minimum absolute atomic E-state index is 0.389. The summed E-state index contributed by atoms with van der Waals surface area (Å²) in [7, 11) is 1.53. The van der Waals surface area contributed by atoms with E-state index in [2.05, 4.69) is 21.2 Å². The zero-order valence-corrected chi connectivity index (χ0v) is 12.9. The molecule has 0 aliphatic carbocycles. The van der Waals surface area contributed by atoms with E-state index in [4.69, 9.17) is 4.74 Å². The minimum Gasteiger partial charge on any atom is -0.495 e. The predicted octanol–water partition coefficient (Wildman–Crippen LogP) is 3.70. The first-order valence-corrected chi connectivity index (χ1v) is 7.04. The quantitative estimate of drug-likeness (QED) is 0.919. The lowest BCUT2D eigenvalue weighted by atomic mass is 10.00. The van der Waals surface area contributed by atoms with Crippen molar-refractivity contribution in [1.29, 1.82) is 5.26 Å². The lowest BCUT2D eigenvalue weighted by Gasteiger charge is -2.13. The highest BCUT2D eigenvalue weighted by Crippen LogP contribution is 2.29. The van der Waals surface area contributed by atoms with Crippen LogP contribution in [0.25, 0.3) is 0 Å². The fourth-order valence-electron chi connectivity index (χ4n) is 1.91. The maximum atomic E-state index is 12.3. The van der Waals surface area contributed by atoms with E-state index in [0.717, 1.165) is 4.47 Å². The standard InChI is InChI=1S/C16H13BrN2O2/c1-21-15-8-7-12(17)9-14(15)19-16(20)13(10-18)11-5-3-2-4-6-11/h2-9,13H,1H3,(H,19,20). The fourth-order valence-corrected chi connectivity index (χ4v) is 2.27. The minimum atomic E-state index is -0.866. The summed E-state index contributed by atoms with van der Waals surface area (Å²) in [6.07, 6.45) is 0. The molecule has 21 heavy (non-hydrogen) atoms. The van der Waals surface area contributed by atoms with Crippen molar-refractivity contribution in [2.24, 2.45) is 0 Å². The zero-order chi connectivity index (χ0) is 15.2. The molecule has 106 valence electrons. The van der Waals surface area contributed by atoms with Crippen molar-refractivity contribution < 1.29 is 9.53 Å². The molecule has 2 aromatic carbocycles. The number of methoxy groups -OCH3 is 1. The maximum absolute atomic E-state index is 12.3. The van der Waals surface area contributed by atoms with Gasteiger partial charge in [0.05, 0.1) is 18.9 Å². The first kappa shape index (κ1) is 15.1. The van der Waals surface area contributed by atoms with Crippen LogP contribution in [0.15, 0.2) is 53.0 Å². The van der Waals surface area contributed by atoms with E-state index in [1.807, 2.05) is 18.2 Å². The lowest BCUT2D eigenvalue weighted by molar-refractivity contribution is -0.116. The summed E-state index contributed by atoms with van der Waals surface area (Å²) < 4.78 is 6.01. The van der Waals surface area contributed by atoms with Crippen LogP contribution >= 0.6 is 15.9 Å². The molecule has 0 radical (unpaired) electrons. The van der Waals surface area contributed by atoms with Crippen LogP contribution in [0.3, 0.4) is 0 Å². The van der Waals surface area contributed by atoms with Crippen LogP contribution in [0.2, 0.25) is 0 Å². The Hall–Kier alpha value is -2.32. The Bertz CT molecular complexity index is 680. The predicted molar refractivity (Wildman–Crippen MR) is 84.1 cm³/mol. The number of anilines is 1. The third-order valence-electron chi connectivity index (χ3n) is 2.94. The Morgan fingerprint density at radius 1 is 1.29 bits per heavy atom. The Morgan fingerprint density at radius 2 is 2.00 bits per heavy atom. The van der Waals surface area contributed by atoms with Crippen molar-refractivity contribution in [3.8, 4) is 11.8 Å². The van der Waals surface area contributed by atoms with E-state index in [0.29, 0.717) is 17.0 Å². The van der Waals surface area contributed by atoms with Gasteiger partial charge < -0.3 is 10.1 Å². The van der Waals surface area contributed by atoms with Crippen molar-refractivity contribution in [1.82, 2.24) is 0 Å². The monoisotopic (exact) mass is 344 g/mol. The van der Waals surface area contributed by atoms with Gasteiger partial charge >= 0.3 is 0 Å². The molecule has 0 aliphatic heterocycles. The Labute approximate surface area is 131 Å². The van der Waals surface area contributed by atoms with Crippen LogP contribution in [0.4, 0.5) is 5.69 Å². The van der Waals surface area contributed by atoms with E-state index in [9.17, 15) is 10.1 Å². The molecule has 5 heteroatoms. The van der Waals surface area contributed by atoms with Crippen molar-refractivity contribution in [2.75, 3.05) is 12.4 Å². The highest BCUT2D eigenvalue weighted by molar-refractivity contribution is 9.10. The van der Waals surface area contributed by atoms with Gasteiger partial charge in [0.1, 0.15) is 5.75 Å². The third kappa shape index (κ3) is 3.61. The van der Waals surface area contributed by atoms with Crippen LogP contribution in [0, 0.1) is 11.3 Å². The average molecular weight is 345 g/mol. The van der Waals surface area contributed by atoms with Gasteiger partial charge in [-0.2, -0.15) is 5.26 Å². The molecule has 0 bridgehead atoms. The second-order valence-corrected chi connectivity index (χ2v) is 5.22. The Balaban J connectivity index is 2.25. The summed E-state index contributed by atoms with van der Waals surface area (Å²) in [5.41, 5.74) is 1.18. The number of ether oxygens (including phenoxy) is 1. The topological polar surface area (TPSA) is 62.1 Å². The molecule has 1 amide bonds. The molecule has 2 rings (SSSR count). The largest absolute Gasteiger partial charge is 0.495 e. The number of hydrogen-bond acceptors (Lipinski definition) is 3. The van der Waals surface area contributed by atoms with Crippen molar-refractivity contribution in [3.63, 3.8) is 0 Å². The average Bonchev–Trinajstić information content (AvgIpc) is 2.49. The van der Waals surface area contributed by atoms with Crippen LogP contribution in [-0.2, 0) is 4.79 Å². The molecule has 4 nitrogen and oxygen atoms in total. The van der Waals surface area contributed by atoms with Gasteiger partial charge in [-0.05, 0) is 23.8 Å². The molecule has 0 fully saturated rings.